The van der Waals surface area contributed by atoms with Crippen molar-refractivity contribution in [2.45, 2.75) is 19.5 Å². The number of rotatable bonds is 3. The first-order valence-electron chi connectivity index (χ1n) is 4.67. The van der Waals surface area contributed by atoms with Crippen molar-refractivity contribution in [1.82, 2.24) is 19.7 Å². The largest absolute Gasteiger partial charge is 0.388 e. The summed E-state index contributed by atoms with van der Waals surface area (Å²) in [4.78, 5) is 2.24. The summed E-state index contributed by atoms with van der Waals surface area (Å²) in [6, 6.07) is 0. The number of amidine groups is 1. The lowest BCUT2D eigenvalue weighted by Gasteiger charge is -2.26. The van der Waals surface area contributed by atoms with Crippen molar-refractivity contribution in [3.8, 4) is 0 Å². The maximum atomic E-state index is 7.15. The fraction of sp³-hybridized carbons (Fsp3) is 0.625. The molecule has 1 aromatic rings. The molecule has 14 heavy (non-hydrogen) atoms. The van der Waals surface area contributed by atoms with Gasteiger partial charge in [-0.25, -0.2) is 0 Å². The molecule has 0 aliphatic carbocycles. The molecule has 0 radical (unpaired) electrons. The van der Waals surface area contributed by atoms with Crippen LogP contribution < -0.4 is 5.73 Å². The summed E-state index contributed by atoms with van der Waals surface area (Å²) < 4.78 is 2.06. The molecule has 0 bridgehead atoms. The normalized spacial score (nSPS) is 16.6. The Hall–Kier alpha value is -1.43. The van der Waals surface area contributed by atoms with E-state index in [1.807, 2.05) is 0 Å². The molecule has 1 aliphatic heterocycles. The van der Waals surface area contributed by atoms with Gasteiger partial charge in [0.25, 0.3) is 0 Å². The summed E-state index contributed by atoms with van der Waals surface area (Å²) in [5.41, 5.74) is 5.31. The maximum Gasteiger partial charge on any atom is 0.147 e. The van der Waals surface area contributed by atoms with Gasteiger partial charge >= 0.3 is 0 Å². The van der Waals surface area contributed by atoms with Crippen LogP contribution in [0.1, 0.15) is 12.2 Å². The molecule has 0 saturated carbocycles. The van der Waals surface area contributed by atoms with Gasteiger partial charge < -0.3 is 10.3 Å². The molecule has 1 aliphatic rings. The summed E-state index contributed by atoms with van der Waals surface area (Å²) >= 11 is 0. The number of hydrogen-bond donors (Lipinski definition) is 2. The standard InChI is InChI=1S/C8H14N6/c9-7(10)1-2-13-3-4-14-6-11-12-8(14)5-13/h6H,1-5H2,(H3,9,10). The van der Waals surface area contributed by atoms with Crippen molar-refractivity contribution in [3.05, 3.63) is 12.2 Å². The highest BCUT2D eigenvalue weighted by Gasteiger charge is 2.16. The first kappa shape index (κ1) is 9.14. The van der Waals surface area contributed by atoms with Gasteiger partial charge in [-0.2, -0.15) is 0 Å². The minimum atomic E-state index is 0.247. The molecule has 76 valence electrons. The van der Waals surface area contributed by atoms with Crippen molar-refractivity contribution in [3.63, 3.8) is 0 Å². The van der Waals surface area contributed by atoms with Crippen LogP contribution in [0.5, 0.6) is 0 Å². The van der Waals surface area contributed by atoms with E-state index in [1.165, 1.54) is 0 Å². The third kappa shape index (κ3) is 1.90. The third-order valence-corrected chi connectivity index (χ3v) is 2.42. The van der Waals surface area contributed by atoms with E-state index in [0.717, 1.165) is 32.0 Å². The Labute approximate surface area is 82.2 Å². The second-order valence-electron chi connectivity index (χ2n) is 3.49. The second-order valence-corrected chi connectivity index (χ2v) is 3.49. The average molecular weight is 194 g/mol. The quantitative estimate of drug-likeness (QED) is 0.498. The summed E-state index contributed by atoms with van der Waals surface area (Å²) in [5, 5.41) is 15.0. The fourth-order valence-electron chi connectivity index (χ4n) is 1.59. The Morgan fingerprint density at radius 1 is 1.57 bits per heavy atom. The predicted octanol–water partition coefficient (Wildman–Crippen LogP) is -0.580. The highest BCUT2D eigenvalue weighted by molar-refractivity contribution is 5.76. The number of hydrogen-bond acceptors (Lipinski definition) is 4. The molecule has 0 unspecified atom stereocenters. The Morgan fingerprint density at radius 3 is 3.21 bits per heavy atom. The van der Waals surface area contributed by atoms with Crippen LogP contribution in [0.2, 0.25) is 0 Å². The summed E-state index contributed by atoms with van der Waals surface area (Å²) in [5.74, 6) is 1.25. The SMILES string of the molecule is N=C(N)CCN1CCn2cnnc2C1. The second kappa shape index (κ2) is 3.75. The van der Waals surface area contributed by atoms with Crippen LogP contribution in [-0.4, -0.2) is 38.6 Å². The van der Waals surface area contributed by atoms with E-state index in [9.17, 15) is 0 Å². The van der Waals surface area contributed by atoms with E-state index >= 15 is 0 Å². The van der Waals surface area contributed by atoms with Crippen LogP contribution in [-0.2, 0) is 13.1 Å². The monoisotopic (exact) mass is 194 g/mol. The molecule has 0 aromatic carbocycles. The molecule has 0 amide bonds. The lowest BCUT2D eigenvalue weighted by atomic mass is 10.3. The molecule has 0 atom stereocenters. The van der Waals surface area contributed by atoms with Crippen LogP contribution in [0.15, 0.2) is 6.33 Å². The van der Waals surface area contributed by atoms with Crippen LogP contribution in [0.25, 0.3) is 0 Å². The molecular formula is C8H14N6. The van der Waals surface area contributed by atoms with Gasteiger partial charge in [-0.1, -0.05) is 0 Å². The van der Waals surface area contributed by atoms with Crippen LogP contribution >= 0.6 is 0 Å². The van der Waals surface area contributed by atoms with Crippen LogP contribution in [0.4, 0.5) is 0 Å². The van der Waals surface area contributed by atoms with E-state index in [1.54, 1.807) is 6.33 Å². The predicted molar refractivity (Wildman–Crippen MR) is 51.8 cm³/mol. The van der Waals surface area contributed by atoms with Gasteiger partial charge in [-0.05, 0) is 0 Å². The lowest BCUT2D eigenvalue weighted by Crippen LogP contribution is -2.35. The summed E-state index contributed by atoms with van der Waals surface area (Å²) in [7, 11) is 0. The molecule has 1 aromatic heterocycles. The highest BCUT2D eigenvalue weighted by atomic mass is 15.3. The molecule has 0 saturated heterocycles. The first-order valence-corrected chi connectivity index (χ1v) is 4.67. The Morgan fingerprint density at radius 2 is 2.43 bits per heavy atom. The summed E-state index contributed by atoms with van der Waals surface area (Å²) in [6.07, 6.45) is 2.39. The fourth-order valence-corrected chi connectivity index (χ4v) is 1.59. The van der Waals surface area contributed by atoms with Crippen molar-refractivity contribution in [2.75, 3.05) is 13.1 Å². The van der Waals surface area contributed by atoms with Gasteiger partial charge in [0.15, 0.2) is 0 Å². The molecule has 3 N–H and O–H groups in total. The maximum absolute atomic E-state index is 7.15. The Bertz CT molecular complexity index is 330. The number of nitrogens with one attached hydrogen (secondary N) is 1. The van der Waals surface area contributed by atoms with Crippen LogP contribution in [0, 0.1) is 5.41 Å². The van der Waals surface area contributed by atoms with Crippen LogP contribution in [0.3, 0.4) is 0 Å². The minimum Gasteiger partial charge on any atom is -0.388 e. The molecule has 6 heteroatoms. The number of nitrogens with zero attached hydrogens (tertiary/aromatic N) is 4. The summed E-state index contributed by atoms with van der Waals surface area (Å²) in [6.45, 7) is 3.56. The molecule has 2 rings (SSSR count). The zero-order valence-electron chi connectivity index (χ0n) is 7.98. The van der Waals surface area contributed by atoms with Gasteiger partial charge in [-0.15, -0.1) is 10.2 Å². The lowest BCUT2D eigenvalue weighted by molar-refractivity contribution is 0.222. The topological polar surface area (TPSA) is 83.8 Å². The molecule has 0 spiro atoms. The van der Waals surface area contributed by atoms with Crippen molar-refractivity contribution < 1.29 is 0 Å². The Kier molecular flexibility index (Phi) is 2.45. The van der Waals surface area contributed by atoms with Gasteiger partial charge in [0.2, 0.25) is 0 Å². The molecule has 0 fully saturated rings. The van der Waals surface area contributed by atoms with E-state index in [4.69, 9.17) is 11.1 Å². The Balaban J connectivity index is 1.91. The van der Waals surface area contributed by atoms with Crippen molar-refractivity contribution in [1.29, 1.82) is 5.41 Å². The zero-order chi connectivity index (χ0) is 9.97. The number of fused-ring (bicyclic) bond motifs is 1. The third-order valence-electron chi connectivity index (χ3n) is 2.42. The van der Waals surface area contributed by atoms with Crippen molar-refractivity contribution >= 4 is 5.84 Å². The van der Waals surface area contributed by atoms with Gasteiger partial charge in [0.05, 0.1) is 12.4 Å². The smallest absolute Gasteiger partial charge is 0.147 e. The molecular weight excluding hydrogens is 180 g/mol. The van der Waals surface area contributed by atoms with Crippen molar-refractivity contribution in [2.24, 2.45) is 5.73 Å². The number of nitrogens with two attached hydrogens (primary N) is 1. The van der Waals surface area contributed by atoms with E-state index in [0.29, 0.717) is 6.42 Å². The molecule has 6 nitrogen and oxygen atoms in total. The minimum absolute atomic E-state index is 0.247. The highest BCUT2D eigenvalue weighted by Crippen LogP contribution is 2.08. The van der Waals surface area contributed by atoms with Gasteiger partial charge in [0, 0.05) is 26.1 Å². The molecule has 2 heterocycles. The van der Waals surface area contributed by atoms with E-state index < -0.39 is 0 Å². The van der Waals surface area contributed by atoms with E-state index in [2.05, 4.69) is 19.7 Å². The average Bonchev–Trinajstić information content (AvgIpc) is 2.61. The van der Waals surface area contributed by atoms with Gasteiger partial charge in [0.1, 0.15) is 12.2 Å². The number of aromatic nitrogens is 3. The zero-order valence-corrected chi connectivity index (χ0v) is 7.98. The van der Waals surface area contributed by atoms with Gasteiger partial charge in [-0.3, -0.25) is 10.3 Å². The first-order chi connectivity index (χ1) is 6.75. The van der Waals surface area contributed by atoms with E-state index in [-0.39, 0.29) is 5.84 Å².